The van der Waals surface area contributed by atoms with Crippen molar-refractivity contribution in [2.24, 2.45) is 0 Å². The third-order valence-electron chi connectivity index (χ3n) is 2.96. The molecular formula is C14H10Cl2N2O2S. The SMILES string of the molecule is Cc1cc(C(=O)Nc2nc3c(Cl)c(Cl)ccc3s2)c(C)o1. The Morgan fingerprint density at radius 3 is 2.76 bits per heavy atom. The minimum Gasteiger partial charge on any atom is -0.466 e. The molecule has 4 nitrogen and oxygen atoms in total. The Balaban J connectivity index is 1.93. The van der Waals surface area contributed by atoms with Gasteiger partial charge < -0.3 is 4.42 Å². The Kier molecular flexibility index (Phi) is 3.65. The number of fused-ring (bicyclic) bond motifs is 1. The van der Waals surface area contributed by atoms with Crippen molar-refractivity contribution in [2.45, 2.75) is 13.8 Å². The highest BCUT2D eigenvalue weighted by atomic mass is 35.5. The van der Waals surface area contributed by atoms with Crippen LogP contribution < -0.4 is 5.32 Å². The molecule has 0 saturated carbocycles. The number of aryl methyl sites for hydroxylation is 2. The number of aromatic nitrogens is 1. The highest BCUT2D eigenvalue weighted by Gasteiger charge is 2.16. The van der Waals surface area contributed by atoms with Crippen molar-refractivity contribution in [2.75, 3.05) is 5.32 Å². The molecule has 0 fully saturated rings. The average Bonchev–Trinajstić information content (AvgIpc) is 2.97. The lowest BCUT2D eigenvalue weighted by molar-refractivity contribution is 0.102. The summed E-state index contributed by atoms with van der Waals surface area (Å²) in [5, 5.41) is 4.05. The van der Waals surface area contributed by atoms with Crippen LogP contribution >= 0.6 is 34.5 Å². The lowest BCUT2D eigenvalue weighted by Crippen LogP contribution is -2.11. The van der Waals surface area contributed by atoms with Gasteiger partial charge in [0.25, 0.3) is 5.91 Å². The minimum absolute atomic E-state index is 0.259. The van der Waals surface area contributed by atoms with Gasteiger partial charge in [-0.3, -0.25) is 10.1 Å². The van der Waals surface area contributed by atoms with Crippen LogP contribution in [-0.4, -0.2) is 10.9 Å². The maximum atomic E-state index is 12.2. The number of halogens is 2. The zero-order valence-corrected chi connectivity index (χ0v) is 13.5. The molecule has 3 aromatic rings. The van der Waals surface area contributed by atoms with Gasteiger partial charge >= 0.3 is 0 Å². The van der Waals surface area contributed by atoms with E-state index in [1.54, 1.807) is 26.0 Å². The average molecular weight is 341 g/mol. The second-order valence-electron chi connectivity index (χ2n) is 4.51. The molecule has 21 heavy (non-hydrogen) atoms. The number of carbonyl (C=O) groups excluding carboxylic acids is 1. The van der Waals surface area contributed by atoms with Crippen LogP contribution in [0, 0.1) is 13.8 Å². The van der Waals surface area contributed by atoms with Gasteiger partial charge in [-0.1, -0.05) is 34.5 Å². The number of furan rings is 1. The van der Waals surface area contributed by atoms with Gasteiger partial charge in [0.15, 0.2) is 5.13 Å². The van der Waals surface area contributed by atoms with Crippen LogP contribution in [0.15, 0.2) is 22.6 Å². The normalized spacial score (nSPS) is 11.0. The van der Waals surface area contributed by atoms with Gasteiger partial charge in [-0.15, -0.1) is 0 Å². The van der Waals surface area contributed by atoms with Crippen LogP contribution in [0.3, 0.4) is 0 Å². The molecule has 0 unspecified atom stereocenters. The van der Waals surface area contributed by atoms with E-state index in [2.05, 4.69) is 10.3 Å². The Hall–Kier alpha value is -1.56. The van der Waals surface area contributed by atoms with E-state index < -0.39 is 0 Å². The van der Waals surface area contributed by atoms with Crippen molar-refractivity contribution >= 4 is 55.8 Å². The number of benzene rings is 1. The Labute approximate surface area is 134 Å². The summed E-state index contributed by atoms with van der Waals surface area (Å²) in [5.41, 5.74) is 1.08. The zero-order valence-electron chi connectivity index (χ0n) is 11.2. The highest BCUT2D eigenvalue weighted by Crippen LogP contribution is 2.35. The van der Waals surface area contributed by atoms with Crippen molar-refractivity contribution in [1.82, 2.24) is 4.98 Å². The summed E-state index contributed by atoms with van der Waals surface area (Å²) < 4.78 is 6.21. The van der Waals surface area contributed by atoms with Crippen LogP contribution in [0.1, 0.15) is 21.9 Å². The lowest BCUT2D eigenvalue weighted by Gasteiger charge is -1.98. The molecule has 1 N–H and O–H groups in total. The second-order valence-corrected chi connectivity index (χ2v) is 6.32. The first-order valence-electron chi connectivity index (χ1n) is 6.08. The first-order chi connectivity index (χ1) is 9.95. The van der Waals surface area contributed by atoms with E-state index >= 15 is 0 Å². The first-order valence-corrected chi connectivity index (χ1v) is 7.66. The number of carbonyl (C=O) groups is 1. The van der Waals surface area contributed by atoms with Crippen molar-refractivity contribution in [3.05, 3.63) is 45.3 Å². The third-order valence-corrected chi connectivity index (χ3v) is 4.69. The minimum atomic E-state index is -0.259. The highest BCUT2D eigenvalue weighted by molar-refractivity contribution is 7.22. The summed E-state index contributed by atoms with van der Waals surface area (Å²) in [6.45, 7) is 3.54. The van der Waals surface area contributed by atoms with E-state index in [-0.39, 0.29) is 5.91 Å². The largest absolute Gasteiger partial charge is 0.466 e. The smallest absolute Gasteiger partial charge is 0.260 e. The van der Waals surface area contributed by atoms with Gasteiger partial charge in [-0.2, -0.15) is 0 Å². The maximum Gasteiger partial charge on any atom is 0.260 e. The second kappa shape index (κ2) is 5.33. The molecule has 0 aliphatic rings. The maximum absolute atomic E-state index is 12.2. The molecule has 1 amide bonds. The topological polar surface area (TPSA) is 55.1 Å². The van der Waals surface area contributed by atoms with E-state index in [0.717, 1.165) is 4.70 Å². The van der Waals surface area contributed by atoms with Gasteiger partial charge in [0.05, 0.1) is 20.3 Å². The van der Waals surface area contributed by atoms with Gasteiger partial charge in [0.1, 0.15) is 17.0 Å². The fourth-order valence-corrected chi connectivity index (χ4v) is 3.30. The summed E-state index contributed by atoms with van der Waals surface area (Å²) in [6.07, 6.45) is 0. The van der Waals surface area contributed by atoms with E-state index in [9.17, 15) is 4.79 Å². The monoisotopic (exact) mass is 340 g/mol. The molecule has 0 atom stereocenters. The number of hydrogen-bond donors (Lipinski definition) is 1. The molecule has 0 aliphatic heterocycles. The predicted octanol–water partition coefficient (Wildman–Crippen LogP) is 5.07. The molecule has 0 spiro atoms. The fourth-order valence-electron chi connectivity index (χ4n) is 2.01. The van der Waals surface area contributed by atoms with Gasteiger partial charge in [-0.25, -0.2) is 4.98 Å². The van der Waals surface area contributed by atoms with Crippen LogP contribution in [0.4, 0.5) is 5.13 Å². The summed E-state index contributed by atoms with van der Waals surface area (Å²) >= 11 is 13.4. The first kappa shape index (κ1) is 14.4. The zero-order chi connectivity index (χ0) is 15.1. The van der Waals surface area contributed by atoms with Crippen molar-refractivity contribution in [3.8, 4) is 0 Å². The van der Waals surface area contributed by atoms with Crippen LogP contribution in [0.5, 0.6) is 0 Å². The number of amides is 1. The molecule has 108 valence electrons. The lowest BCUT2D eigenvalue weighted by atomic mass is 10.2. The van der Waals surface area contributed by atoms with Crippen molar-refractivity contribution in [3.63, 3.8) is 0 Å². The van der Waals surface area contributed by atoms with Crippen LogP contribution in [0.25, 0.3) is 10.2 Å². The molecule has 0 radical (unpaired) electrons. The summed E-state index contributed by atoms with van der Waals surface area (Å²) in [4.78, 5) is 16.5. The molecular weight excluding hydrogens is 331 g/mol. The predicted molar refractivity (Wildman–Crippen MR) is 85.8 cm³/mol. The molecule has 0 bridgehead atoms. The number of thiazole rings is 1. The molecule has 2 heterocycles. The number of rotatable bonds is 2. The standard InChI is InChI=1S/C14H10Cl2N2O2S/c1-6-5-8(7(2)20-6)13(19)18-14-17-12-10(21-14)4-3-9(15)11(12)16/h3-5H,1-2H3,(H,17,18,19). The van der Waals surface area contributed by atoms with Crippen LogP contribution in [-0.2, 0) is 0 Å². The Bertz CT molecular complexity index is 854. The number of hydrogen-bond acceptors (Lipinski definition) is 4. The van der Waals surface area contributed by atoms with Gasteiger partial charge in [0.2, 0.25) is 0 Å². The molecule has 3 rings (SSSR count). The van der Waals surface area contributed by atoms with E-state index in [0.29, 0.717) is 37.8 Å². The summed E-state index contributed by atoms with van der Waals surface area (Å²) in [6, 6.07) is 5.23. The number of nitrogens with one attached hydrogen (secondary N) is 1. The summed E-state index contributed by atoms with van der Waals surface area (Å²) in [7, 11) is 0. The Morgan fingerprint density at radius 1 is 1.33 bits per heavy atom. The molecule has 0 saturated heterocycles. The van der Waals surface area contributed by atoms with Crippen LogP contribution in [0.2, 0.25) is 10.0 Å². The quantitative estimate of drug-likeness (QED) is 0.708. The van der Waals surface area contributed by atoms with Crippen molar-refractivity contribution in [1.29, 1.82) is 0 Å². The summed E-state index contributed by atoms with van der Waals surface area (Å²) in [5.74, 6) is 1.01. The van der Waals surface area contributed by atoms with Gasteiger partial charge in [0, 0.05) is 0 Å². The van der Waals surface area contributed by atoms with Gasteiger partial charge in [-0.05, 0) is 32.0 Å². The van der Waals surface area contributed by atoms with Crippen molar-refractivity contribution < 1.29 is 9.21 Å². The van der Waals surface area contributed by atoms with E-state index in [1.165, 1.54) is 11.3 Å². The van der Waals surface area contributed by atoms with E-state index in [1.807, 2.05) is 6.07 Å². The molecule has 0 aliphatic carbocycles. The number of nitrogens with zero attached hydrogens (tertiary/aromatic N) is 1. The van der Waals surface area contributed by atoms with E-state index in [4.69, 9.17) is 27.6 Å². The number of anilines is 1. The fraction of sp³-hybridized carbons (Fsp3) is 0.143. The third kappa shape index (κ3) is 2.64. The Morgan fingerprint density at radius 2 is 2.10 bits per heavy atom. The molecule has 2 aromatic heterocycles. The molecule has 1 aromatic carbocycles. The molecule has 7 heteroatoms.